The van der Waals surface area contributed by atoms with E-state index in [1.54, 1.807) is 0 Å². The van der Waals surface area contributed by atoms with Gasteiger partial charge in [-0.2, -0.15) is 0 Å². The van der Waals surface area contributed by atoms with Crippen molar-refractivity contribution in [3.63, 3.8) is 0 Å². The number of fused-ring (bicyclic) bond motifs is 17. The Labute approximate surface area is 348 Å². The smallest absolute Gasteiger partial charge is 0.143 e. The maximum atomic E-state index is 6.43. The van der Waals surface area contributed by atoms with Gasteiger partial charge in [0.1, 0.15) is 22.3 Å². The van der Waals surface area contributed by atoms with Crippen LogP contribution in [0.2, 0.25) is 5.02 Å². The average molecular weight is 781 g/mol. The van der Waals surface area contributed by atoms with Gasteiger partial charge in [-0.1, -0.05) is 167 Å². The summed E-state index contributed by atoms with van der Waals surface area (Å²) in [6.07, 6.45) is 1.87. The van der Waals surface area contributed by atoms with Gasteiger partial charge in [0.2, 0.25) is 0 Å². The first kappa shape index (κ1) is 34.7. The van der Waals surface area contributed by atoms with Gasteiger partial charge < -0.3 is 8.83 Å². The maximum Gasteiger partial charge on any atom is 0.143 e. The van der Waals surface area contributed by atoms with Gasteiger partial charge in [0.05, 0.1) is 0 Å². The van der Waals surface area contributed by atoms with Gasteiger partial charge >= 0.3 is 0 Å². The van der Waals surface area contributed by atoms with E-state index in [-0.39, 0.29) is 10.8 Å². The molecule has 0 saturated carbocycles. The van der Waals surface area contributed by atoms with Gasteiger partial charge in [0, 0.05) is 48.5 Å². The molecule has 3 heteroatoms. The summed E-state index contributed by atoms with van der Waals surface area (Å²) in [6, 6.07) is 54.4. The van der Waals surface area contributed by atoms with Crippen molar-refractivity contribution in [2.24, 2.45) is 0 Å². The number of hydrogen-bond acceptors (Lipinski definition) is 2. The SMILES string of the molecule is CC1(C)c2cc(Cc3ccccc3Cl)ccc2-c2c1ccc1c2oc2ccccc21.CC1(C)c2cc3c(cc2-c2c1ccc1c2oc2ccccc21)-c1ccccc1C3. The van der Waals surface area contributed by atoms with Crippen molar-refractivity contribution in [1.82, 2.24) is 0 Å². The van der Waals surface area contributed by atoms with Crippen molar-refractivity contribution in [1.29, 1.82) is 0 Å². The molecule has 2 heterocycles. The van der Waals surface area contributed by atoms with Gasteiger partial charge in [0.15, 0.2) is 0 Å². The molecule has 0 bridgehead atoms. The van der Waals surface area contributed by atoms with Crippen LogP contribution in [-0.2, 0) is 23.7 Å². The largest absolute Gasteiger partial charge is 0.455 e. The Balaban J connectivity index is 0.000000128. The van der Waals surface area contributed by atoms with Crippen LogP contribution in [0.5, 0.6) is 0 Å². The highest BCUT2D eigenvalue weighted by Crippen LogP contribution is 2.56. The zero-order chi connectivity index (χ0) is 39.8. The van der Waals surface area contributed by atoms with Crippen molar-refractivity contribution >= 4 is 55.5 Å². The van der Waals surface area contributed by atoms with E-state index in [0.29, 0.717) is 0 Å². The minimum atomic E-state index is -0.0751. The number of halogens is 1. The molecular formula is C56H41ClO2. The molecule has 0 unspecified atom stereocenters. The molecule has 3 aliphatic rings. The summed E-state index contributed by atoms with van der Waals surface area (Å²) in [6.45, 7) is 9.32. The third-order valence-corrected chi connectivity index (χ3v) is 14.1. The second-order valence-electron chi connectivity index (χ2n) is 17.7. The molecule has 0 atom stereocenters. The van der Waals surface area contributed by atoms with Crippen LogP contribution in [0, 0.1) is 0 Å². The van der Waals surface area contributed by atoms with Crippen molar-refractivity contribution < 1.29 is 8.83 Å². The molecule has 0 aliphatic heterocycles. The Morgan fingerprint density at radius 1 is 0.458 bits per heavy atom. The van der Waals surface area contributed by atoms with E-state index in [9.17, 15) is 0 Å². The molecule has 284 valence electrons. The van der Waals surface area contributed by atoms with Crippen LogP contribution in [0.15, 0.2) is 160 Å². The molecule has 59 heavy (non-hydrogen) atoms. The van der Waals surface area contributed by atoms with E-state index >= 15 is 0 Å². The monoisotopic (exact) mass is 780 g/mol. The maximum absolute atomic E-state index is 6.43. The molecule has 0 radical (unpaired) electrons. The quantitative estimate of drug-likeness (QED) is 0.175. The highest BCUT2D eigenvalue weighted by atomic mass is 35.5. The van der Waals surface area contributed by atoms with E-state index in [1.807, 2.05) is 30.3 Å². The predicted octanol–water partition coefficient (Wildman–Crippen LogP) is 15.6. The lowest BCUT2D eigenvalue weighted by molar-refractivity contribution is 0.652. The molecule has 2 nitrogen and oxygen atoms in total. The fraction of sp³-hybridized carbons (Fsp3) is 0.143. The van der Waals surface area contributed by atoms with Gasteiger partial charge in [-0.25, -0.2) is 0 Å². The Morgan fingerprint density at radius 2 is 1.03 bits per heavy atom. The normalized spacial score (nSPS) is 14.8. The van der Waals surface area contributed by atoms with Crippen LogP contribution >= 0.6 is 11.6 Å². The Hall–Kier alpha value is -6.35. The second kappa shape index (κ2) is 12.3. The molecule has 0 saturated heterocycles. The van der Waals surface area contributed by atoms with Gasteiger partial charge in [-0.3, -0.25) is 0 Å². The summed E-state index contributed by atoms with van der Waals surface area (Å²) in [5.74, 6) is 0. The third-order valence-electron chi connectivity index (χ3n) is 13.7. The molecule has 0 N–H and O–H groups in total. The highest BCUT2D eigenvalue weighted by Gasteiger charge is 2.40. The Bertz CT molecular complexity index is 3410. The molecule has 13 rings (SSSR count). The number of furan rings is 2. The van der Waals surface area contributed by atoms with Crippen LogP contribution in [0.4, 0.5) is 0 Å². The average Bonchev–Trinajstić information content (AvgIpc) is 4.02. The van der Waals surface area contributed by atoms with Crippen LogP contribution in [0.25, 0.3) is 77.3 Å². The predicted molar refractivity (Wildman–Crippen MR) is 245 cm³/mol. The molecule has 10 aromatic rings. The topological polar surface area (TPSA) is 26.3 Å². The first-order valence-corrected chi connectivity index (χ1v) is 21.1. The summed E-state index contributed by atoms with van der Waals surface area (Å²) in [5.41, 5.74) is 22.6. The van der Waals surface area contributed by atoms with Gasteiger partial charge in [-0.15, -0.1) is 0 Å². The molecule has 0 amide bonds. The summed E-state index contributed by atoms with van der Waals surface area (Å²) < 4.78 is 12.8. The Morgan fingerprint density at radius 3 is 1.71 bits per heavy atom. The summed E-state index contributed by atoms with van der Waals surface area (Å²) in [4.78, 5) is 0. The first-order chi connectivity index (χ1) is 28.7. The van der Waals surface area contributed by atoms with E-state index in [0.717, 1.165) is 45.8 Å². The molecule has 3 aliphatic carbocycles. The highest BCUT2D eigenvalue weighted by molar-refractivity contribution is 6.31. The van der Waals surface area contributed by atoms with Crippen molar-refractivity contribution in [3.05, 3.63) is 201 Å². The zero-order valence-corrected chi connectivity index (χ0v) is 34.3. The third kappa shape index (κ3) is 4.93. The lowest BCUT2D eigenvalue weighted by Crippen LogP contribution is -2.15. The summed E-state index contributed by atoms with van der Waals surface area (Å²) in [5, 5.41) is 5.60. The van der Waals surface area contributed by atoms with Crippen molar-refractivity contribution in [2.75, 3.05) is 0 Å². The lowest BCUT2D eigenvalue weighted by atomic mass is 9.81. The number of rotatable bonds is 2. The number of hydrogen-bond donors (Lipinski definition) is 0. The fourth-order valence-corrected chi connectivity index (χ4v) is 10.9. The van der Waals surface area contributed by atoms with E-state index in [1.165, 1.54) is 93.9 Å². The van der Waals surface area contributed by atoms with Crippen LogP contribution < -0.4 is 0 Å². The van der Waals surface area contributed by atoms with Crippen LogP contribution in [-0.4, -0.2) is 0 Å². The van der Waals surface area contributed by atoms with E-state index in [4.69, 9.17) is 20.4 Å². The molecule has 8 aromatic carbocycles. The summed E-state index contributed by atoms with van der Waals surface area (Å²) in [7, 11) is 0. The van der Waals surface area contributed by atoms with Gasteiger partial charge in [0.25, 0.3) is 0 Å². The standard InChI is InChI=1S/C28H21ClO.C28H20O/c1-28(2)22-14-13-20-19-8-4-6-10-25(19)30-27(20)26(22)21-12-11-17(16-23(21)28)15-18-7-3-5-9-24(18)29;1-28(2)23-12-11-20-19-9-5-6-10-25(19)29-27(20)26(23)22-15-21-17(14-24(22)28)13-16-7-3-4-8-18(16)21/h3-14,16H,15H2,1-2H3;3-12,14-15H,13H2,1-2H3. The van der Waals surface area contributed by atoms with Gasteiger partial charge in [-0.05, 0) is 104 Å². The second-order valence-corrected chi connectivity index (χ2v) is 18.1. The number of benzene rings is 8. The summed E-state index contributed by atoms with van der Waals surface area (Å²) >= 11 is 6.41. The van der Waals surface area contributed by atoms with E-state index in [2.05, 4.69) is 149 Å². The van der Waals surface area contributed by atoms with Crippen molar-refractivity contribution in [2.45, 2.75) is 51.4 Å². The first-order valence-electron chi connectivity index (χ1n) is 20.7. The van der Waals surface area contributed by atoms with E-state index < -0.39 is 0 Å². The molecule has 0 fully saturated rings. The van der Waals surface area contributed by atoms with Crippen LogP contribution in [0.1, 0.15) is 72.2 Å². The van der Waals surface area contributed by atoms with Crippen LogP contribution in [0.3, 0.4) is 0 Å². The fourth-order valence-electron chi connectivity index (χ4n) is 10.7. The Kier molecular flexibility index (Phi) is 7.25. The molecule has 2 aromatic heterocycles. The number of para-hydroxylation sites is 2. The molecular weight excluding hydrogens is 740 g/mol. The minimum absolute atomic E-state index is 0.0262. The zero-order valence-electron chi connectivity index (χ0n) is 33.5. The van der Waals surface area contributed by atoms with Crippen molar-refractivity contribution in [3.8, 4) is 33.4 Å². The lowest BCUT2D eigenvalue weighted by Gasteiger charge is -2.22. The minimum Gasteiger partial charge on any atom is -0.455 e. The molecule has 0 spiro atoms.